The average Bonchev–Trinajstić information content (AvgIpc) is 3.05. The van der Waals surface area contributed by atoms with Gasteiger partial charge in [-0.2, -0.15) is 0 Å². The summed E-state index contributed by atoms with van der Waals surface area (Å²) in [5.41, 5.74) is 0.767. The maximum Gasteiger partial charge on any atom is 0.340 e. The summed E-state index contributed by atoms with van der Waals surface area (Å²) in [7, 11) is 0. The summed E-state index contributed by atoms with van der Waals surface area (Å²) in [5, 5.41) is 8.12. The van der Waals surface area contributed by atoms with E-state index >= 15 is 0 Å². The predicted molar refractivity (Wildman–Crippen MR) is 90.9 cm³/mol. The summed E-state index contributed by atoms with van der Waals surface area (Å²) in [6.45, 7) is 3.16. The number of amides is 3. The van der Waals surface area contributed by atoms with E-state index in [1.165, 1.54) is 5.01 Å². The Morgan fingerprint density at radius 3 is 2.61 bits per heavy atom. The fraction of sp³-hybridized carbons (Fsp3) is 0.333. The minimum Gasteiger partial charge on any atom is -0.306 e. The predicted octanol–water partition coefficient (Wildman–Crippen LogP) is 3.62. The SMILES string of the molecule is CCCC(=O)N1CCCN1C(=O)Nc1cccc2ccccc12. The van der Waals surface area contributed by atoms with E-state index in [1.54, 1.807) is 5.01 Å². The van der Waals surface area contributed by atoms with Crippen LogP contribution in [0.15, 0.2) is 42.5 Å². The van der Waals surface area contributed by atoms with Crippen LogP contribution in [0.25, 0.3) is 10.8 Å². The van der Waals surface area contributed by atoms with Crippen molar-refractivity contribution in [3.05, 3.63) is 42.5 Å². The number of benzene rings is 2. The van der Waals surface area contributed by atoms with Crippen LogP contribution >= 0.6 is 0 Å². The molecule has 5 nitrogen and oxygen atoms in total. The quantitative estimate of drug-likeness (QED) is 0.941. The number of hydrogen-bond donors (Lipinski definition) is 1. The van der Waals surface area contributed by atoms with Crippen LogP contribution in [0.3, 0.4) is 0 Å². The van der Waals surface area contributed by atoms with E-state index in [0.29, 0.717) is 19.5 Å². The zero-order chi connectivity index (χ0) is 16.2. The second-order valence-electron chi connectivity index (χ2n) is 5.70. The molecule has 0 aromatic heterocycles. The number of hydrogen-bond acceptors (Lipinski definition) is 2. The highest BCUT2D eigenvalue weighted by molar-refractivity contribution is 6.01. The van der Waals surface area contributed by atoms with Gasteiger partial charge in [-0.05, 0) is 24.3 Å². The molecule has 120 valence electrons. The Bertz CT molecular complexity index is 724. The third kappa shape index (κ3) is 3.13. The monoisotopic (exact) mass is 311 g/mol. The van der Waals surface area contributed by atoms with Crippen LogP contribution in [-0.4, -0.2) is 35.0 Å². The van der Waals surface area contributed by atoms with Gasteiger partial charge in [0.1, 0.15) is 0 Å². The Balaban J connectivity index is 1.79. The zero-order valence-electron chi connectivity index (χ0n) is 13.3. The molecule has 1 heterocycles. The molecule has 0 spiro atoms. The second-order valence-corrected chi connectivity index (χ2v) is 5.70. The molecule has 0 unspecified atom stereocenters. The van der Waals surface area contributed by atoms with Crippen molar-refractivity contribution in [1.29, 1.82) is 0 Å². The molecular weight excluding hydrogens is 290 g/mol. The fourth-order valence-electron chi connectivity index (χ4n) is 2.94. The number of hydrazine groups is 1. The molecule has 2 aromatic rings. The number of carbonyl (C=O) groups excluding carboxylic acids is 2. The smallest absolute Gasteiger partial charge is 0.306 e. The first-order valence-electron chi connectivity index (χ1n) is 8.07. The Labute approximate surface area is 135 Å². The van der Waals surface area contributed by atoms with Crippen molar-refractivity contribution in [2.45, 2.75) is 26.2 Å². The van der Waals surface area contributed by atoms with E-state index < -0.39 is 0 Å². The van der Waals surface area contributed by atoms with Gasteiger partial charge in [0, 0.05) is 24.9 Å². The number of nitrogens with one attached hydrogen (secondary N) is 1. The molecule has 5 heteroatoms. The van der Waals surface area contributed by atoms with Gasteiger partial charge in [0.15, 0.2) is 0 Å². The van der Waals surface area contributed by atoms with Gasteiger partial charge in [0.25, 0.3) is 0 Å². The highest BCUT2D eigenvalue weighted by atomic mass is 16.2. The highest BCUT2D eigenvalue weighted by Crippen LogP contribution is 2.24. The molecule has 1 fully saturated rings. The molecule has 1 aliphatic heterocycles. The molecular formula is C18H21N3O2. The molecule has 1 saturated heterocycles. The molecule has 2 aromatic carbocycles. The van der Waals surface area contributed by atoms with Gasteiger partial charge in [-0.25, -0.2) is 9.80 Å². The van der Waals surface area contributed by atoms with E-state index in [1.807, 2.05) is 49.4 Å². The van der Waals surface area contributed by atoms with E-state index in [9.17, 15) is 9.59 Å². The van der Waals surface area contributed by atoms with Crippen LogP contribution in [0.4, 0.5) is 10.5 Å². The first kappa shape index (κ1) is 15.3. The minimum absolute atomic E-state index is 0.0121. The van der Waals surface area contributed by atoms with Gasteiger partial charge in [0.05, 0.1) is 5.69 Å². The summed E-state index contributed by atoms with van der Waals surface area (Å²) in [6, 6.07) is 13.5. The van der Waals surface area contributed by atoms with Gasteiger partial charge in [-0.15, -0.1) is 0 Å². The number of rotatable bonds is 3. The standard InChI is InChI=1S/C18H21N3O2/c1-2-7-17(22)20-12-6-13-21(20)18(23)19-16-11-5-9-14-8-3-4-10-15(14)16/h3-5,8-11H,2,6-7,12-13H2,1H3,(H,19,23). The van der Waals surface area contributed by atoms with Gasteiger partial charge in [-0.3, -0.25) is 9.80 Å². The number of urea groups is 1. The fourth-order valence-corrected chi connectivity index (χ4v) is 2.94. The molecule has 0 bridgehead atoms. The van der Waals surface area contributed by atoms with Crippen molar-refractivity contribution < 1.29 is 9.59 Å². The molecule has 1 aliphatic rings. The number of fused-ring (bicyclic) bond motifs is 1. The van der Waals surface area contributed by atoms with Crippen LogP contribution in [0.1, 0.15) is 26.2 Å². The molecule has 23 heavy (non-hydrogen) atoms. The van der Waals surface area contributed by atoms with Crippen molar-refractivity contribution in [2.24, 2.45) is 0 Å². The summed E-state index contributed by atoms with van der Waals surface area (Å²) in [4.78, 5) is 24.7. The zero-order valence-corrected chi connectivity index (χ0v) is 13.3. The van der Waals surface area contributed by atoms with Crippen molar-refractivity contribution in [1.82, 2.24) is 10.0 Å². The Kier molecular flexibility index (Phi) is 4.46. The normalized spacial score (nSPS) is 14.3. The Morgan fingerprint density at radius 2 is 1.78 bits per heavy atom. The van der Waals surface area contributed by atoms with Gasteiger partial charge >= 0.3 is 6.03 Å². The topological polar surface area (TPSA) is 52.7 Å². The molecule has 0 aliphatic carbocycles. The molecule has 1 N–H and O–H groups in total. The number of nitrogens with zero attached hydrogens (tertiary/aromatic N) is 2. The van der Waals surface area contributed by atoms with Gasteiger partial charge in [0.2, 0.25) is 5.91 Å². The summed E-state index contributed by atoms with van der Waals surface area (Å²) in [5.74, 6) is 0.0121. The first-order chi connectivity index (χ1) is 11.2. The van der Waals surface area contributed by atoms with Crippen LogP contribution in [0, 0.1) is 0 Å². The van der Waals surface area contributed by atoms with Crippen LogP contribution < -0.4 is 5.32 Å². The first-order valence-corrected chi connectivity index (χ1v) is 8.07. The Morgan fingerprint density at radius 1 is 1.04 bits per heavy atom. The van der Waals surface area contributed by atoms with Crippen LogP contribution in [-0.2, 0) is 4.79 Å². The van der Waals surface area contributed by atoms with E-state index in [2.05, 4.69) is 5.32 Å². The third-order valence-electron chi connectivity index (χ3n) is 4.05. The van der Waals surface area contributed by atoms with Crippen molar-refractivity contribution in [2.75, 3.05) is 18.4 Å². The molecule has 0 saturated carbocycles. The largest absolute Gasteiger partial charge is 0.340 e. The summed E-state index contributed by atoms with van der Waals surface area (Å²) in [6.07, 6.45) is 2.07. The maximum absolute atomic E-state index is 12.6. The lowest BCUT2D eigenvalue weighted by Gasteiger charge is -2.28. The summed E-state index contributed by atoms with van der Waals surface area (Å²) >= 11 is 0. The molecule has 3 rings (SSSR count). The lowest BCUT2D eigenvalue weighted by Crippen LogP contribution is -2.46. The maximum atomic E-state index is 12.6. The third-order valence-corrected chi connectivity index (χ3v) is 4.05. The number of anilines is 1. The minimum atomic E-state index is -0.247. The Hall–Kier alpha value is -2.56. The van der Waals surface area contributed by atoms with E-state index in [-0.39, 0.29) is 11.9 Å². The highest BCUT2D eigenvalue weighted by Gasteiger charge is 2.30. The van der Waals surface area contributed by atoms with Gasteiger partial charge in [-0.1, -0.05) is 43.3 Å². The lowest BCUT2D eigenvalue weighted by atomic mass is 10.1. The summed E-state index contributed by atoms with van der Waals surface area (Å²) < 4.78 is 0. The molecule has 0 atom stereocenters. The number of carbonyl (C=O) groups is 2. The van der Waals surface area contributed by atoms with Crippen LogP contribution in [0.2, 0.25) is 0 Å². The van der Waals surface area contributed by atoms with Crippen molar-refractivity contribution in [3.8, 4) is 0 Å². The van der Waals surface area contributed by atoms with Crippen molar-refractivity contribution in [3.63, 3.8) is 0 Å². The molecule has 3 amide bonds. The lowest BCUT2D eigenvalue weighted by molar-refractivity contribution is -0.139. The molecule has 0 radical (unpaired) electrons. The van der Waals surface area contributed by atoms with Gasteiger partial charge < -0.3 is 5.32 Å². The van der Waals surface area contributed by atoms with Crippen molar-refractivity contribution >= 4 is 28.4 Å². The van der Waals surface area contributed by atoms with Crippen LogP contribution in [0.5, 0.6) is 0 Å². The van der Waals surface area contributed by atoms with E-state index in [0.717, 1.165) is 29.3 Å². The second kappa shape index (κ2) is 6.69. The average molecular weight is 311 g/mol. The van der Waals surface area contributed by atoms with E-state index in [4.69, 9.17) is 0 Å².